The minimum Gasteiger partial charge on any atom is -0.497 e. The second kappa shape index (κ2) is 5.68. The van der Waals surface area contributed by atoms with Gasteiger partial charge in [-0.3, -0.25) is 4.79 Å². The highest BCUT2D eigenvalue weighted by Crippen LogP contribution is 2.40. The van der Waals surface area contributed by atoms with Crippen molar-refractivity contribution in [1.82, 2.24) is 15.0 Å². The van der Waals surface area contributed by atoms with E-state index < -0.39 is 0 Å². The summed E-state index contributed by atoms with van der Waals surface area (Å²) in [5.41, 5.74) is 1.06. The predicted molar refractivity (Wildman–Crippen MR) is 81.8 cm³/mol. The van der Waals surface area contributed by atoms with Crippen LogP contribution in [0.1, 0.15) is 54.9 Å². The van der Waals surface area contributed by atoms with Gasteiger partial charge in [0, 0.05) is 18.9 Å². The molecule has 1 unspecified atom stereocenters. The van der Waals surface area contributed by atoms with Crippen LogP contribution in [0.3, 0.4) is 0 Å². The Bertz CT molecular complexity index is 706. The molecule has 1 aliphatic carbocycles. The van der Waals surface area contributed by atoms with Gasteiger partial charge in [-0.15, -0.1) is 0 Å². The van der Waals surface area contributed by atoms with E-state index in [-0.39, 0.29) is 11.9 Å². The number of aromatic nitrogens is 2. The molecule has 2 aromatic rings. The lowest BCUT2D eigenvalue weighted by molar-refractivity contribution is -0.129. The fourth-order valence-corrected chi connectivity index (χ4v) is 3.01. The first-order chi connectivity index (χ1) is 11.2. The number of benzene rings is 1. The van der Waals surface area contributed by atoms with Gasteiger partial charge in [-0.1, -0.05) is 17.3 Å². The molecule has 2 heterocycles. The monoisotopic (exact) mass is 313 g/mol. The molecule has 1 aromatic heterocycles. The summed E-state index contributed by atoms with van der Waals surface area (Å²) in [5, 5.41) is 4.07. The molecule has 4 rings (SSSR count). The molecule has 2 fully saturated rings. The van der Waals surface area contributed by atoms with E-state index in [0.717, 1.165) is 36.4 Å². The normalized spacial score (nSPS) is 21.0. The summed E-state index contributed by atoms with van der Waals surface area (Å²) in [6.45, 7) is 0.550. The summed E-state index contributed by atoms with van der Waals surface area (Å²) in [6, 6.07) is 7.66. The topological polar surface area (TPSA) is 68.5 Å². The summed E-state index contributed by atoms with van der Waals surface area (Å²) in [4.78, 5) is 18.6. The number of methoxy groups -OCH3 is 1. The maximum atomic E-state index is 12.2. The molecule has 0 bridgehead atoms. The molecule has 1 atom stereocenters. The Balaban J connectivity index is 1.52. The van der Waals surface area contributed by atoms with Gasteiger partial charge >= 0.3 is 0 Å². The number of ether oxygens (including phenoxy) is 1. The van der Waals surface area contributed by atoms with Gasteiger partial charge in [0.15, 0.2) is 5.82 Å². The van der Waals surface area contributed by atoms with Crippen molar-refractivity contribution in [1.29, 1.82) is 0 Å². The minimum atomic E-state index is -0.107. The zero-order chi connectivity index (χ0) is 15.8. The largest absolute Gasteiger partial charge is 0.497 e. The Hall–Kier alpha value is -2.37. The van der Waals surface area contributed by atoms with E-state index in [1.807, 2.05) is 29.2 Å². The average Bonchev–Trinajstić information content (AvgIpc) is 3.21. The van der Waals surface area contributed by atoms with Gasteiger partial charge in [-0.05, 0) is 37.0 Å². The average molecular weight is 313 g/mol. The zero-order valence-electron chi connectivity index (χ0n) is 13.1. The summed E-state index contributed by atoms with van der Waals surface area (Å²) in [5.74, 6) is 2.77. The van der Waals surface area contributed by atoms with Crippen molar-refractivity contribution in [3.05, 3.63) is 41.5 Å². The van der Waals surface area contributed by atoms with E-state index in [4.69, 9.17) is 9.26 Å². The highest BCUT2D eigenvalue weighted by molar-refractivity contribution is 5.78. The zero-order valence-corrected chi connectivity index (χ0v) is 13.1. The lowest BCUT2D eigenvalue weighted by atomic mass is 10.1. The Morgan fingerprint density at radius 2 is 2.04 bits per heavy atom. The number of hydrogen-bond acceptors (Lipinski definition) is 5. The molecular formula is C17H19N3O3. The standard InChI is InChI=1S/C17H19N3O3/c1-22-13-6-2-11(3-7-13)10-20-14(8-9-15(20)21)17-18-16(19-23-17)12-4-5-12/h2-3,6-7,12,14H,4-5,8-10H2,1H3. The molecule has 120 valence electrons. The lowest BCUT2D eigenvalue weighted by Gasteiger charge is -2.22. The number of carbonyl (C=O) groups is 1. The number of nitrogens with zero attached hydrogens (tertiary/aromatic N) is 3. The first-order valence-corrected chi connectivity index (χ1v) is 8.00. The van der Waals surface area contributed by atoms with Gasteiger partial charge < -0.3 is 14.2 Å². The fourth-order valence-electron chi connectivity index (χ4n) is 3.01. The minimum absolute atomic E-state index is 0.107. The van der Waals surface area contributed by atoms with E-state index in [1.165, 1.54) is 0 Å². The summed E-state index contributed by atoms with van der Waals surface area (Å²) in [7, 11) is 1.64. The van der Waals surface area contributed by atoms with Crippen molar-refractivity contribution in [3.63, 3.8) is 0 Å². The van der Waals surface area contributed by atoms with Crippen molar-refractivity contribution in [2.24, 2.45) is 0 Å². The second-order valence-electron chi connectivity index (χ2n) is 6.19. The number of carbonyl (C=O) groups excluding carboxylic acids is 1. The van der Waals surface area contributed by atoms with Crippen LogP contribution in [0.15, 0.2) is 28.8 Å². The first-order valence-electron chi connectivity index (χ1n) is 8.00. The van der Waals surface area contributed by atoms with Crippen LogP contribution in [0, 0.1) is 0 Å². The van der Waals surface area contributed by atoms with Gasteiger partial charge in [0.25, 0.3) is 0 Å². The molecule has 23 heavy (non-hydrogen) atoms. The summed E-state index contributed by atoms with van der Waals surface area (Å²) in [6.07, 6.45) is 3.54. The van der Waals surface area contributed by atoms with Gasteiger partial charge in [-0.25, -0.2) is 0 Å². The second-order valence-corrected chi connectivity index (χ2v) is 6.19. The third-order valence-corrected chi connectivity index (χ3v) is 4.53. The van der Waals surface area contributed by atoms with E-state index in [2.05, 4.69) is 10.1 Å². The molecule has 1 saturated heterocycles. The van der Waals surface area contributed by atoms with Crippen LogP contribution in [0.25, 0.3) is 0 Å². The van der Waals surface area contributed by atoms with E-state index in [0.29, 0.717) is 24.8 Å². The molecule has 0 spiro atoms. The molecule has 1 saturated carbocycles. The van der Waals surface area contributed by atoms with Gasteiger partial charge in [0.1, 0.15) is 11.8 Å². The SMILES string of the molecule is COc1ccc(CN2C(=O)CCC2c2nc(C3CC3)no2)cc1. The Morgan fingerprint density at radius 1 is 1.26 bits per heavy atom. The molecule has 1 aliphatic heterocycles. The Labute approximate surface area is 134 Å². The third kappa shape index (κ3) is 2.81. The number of likely N-dealkylation sites (tertiary alicyclic amines) is 1. The van der Waals surface area contributed by atoms with Crippen molar-refractivity contribution in [2.45, 2.75) is 44.2 Å². The van der Waals surface area contributed by atoms with Crippen LogP contribution in [0.5, 0.6) is 5.75 Å². The lowest BCUT2D eigenvalue weighted by Crippen LogP contribution is -2.27. The molecular weight excluding hydrogens is 294 g/mol. The third-order valence-electron chi connectivity index (χ3n) is 4.53. The molecule has 1 amide bonds. The summed E-state index contributed by atoms with van der Waals surface area (Å²) < 4.78 is 10.6. The quantitative estimate of drug-likeness (QED) is 0.849. The Morgan fingerprint density at radius 3 is 2.74 bits per heavy atom. The predicted octanol–water partition coefficient (Wildman–Crippen LogP) is 2.82. The van der Waals surface area contributed by atoms with Gasteiger partial charge in [0.05, 0.1) is 7.11 Å². The molecule has 6 heteroatoms. The van der Waals surface area contributed by atoms with Crippen molar-refractivity contribution in [2.75, 3.05) is 7.11 Å². The van der Waals surface area contributed by atoms with Gasteiger partial charge in [-0.2, -0.15) is 4.98 Å². The number of rotatable bonds is 5. The highest BCUT2D eigenvalue weighted by atomic mass is 16.5. The van der Waals surface area contributed by atoms with Crippen LogP contribution in [0.2, 0.25) is 0 Å². The Kier molecular flexibility index (Phi) is 3.52. The smallest absolute Gasteiger partial charge is 0.249 e. The maximum Gasteiger partial charge on any atom is 0.249 e. The molecule has 0 radical (unpaired) electrons. The maximum absolute atomic E-state index is 12.2. The van der Waals surface area contributed by atoms with Crippen LogP contribution < -0.4 is 4.74 Å². The molecule has 2 aliphatic rings. The van der Waals surface area contributed by atoms with Crippen LogP contribution in [-0.2, 0) is 11.3 Å². The van der Waals surface area contributed by atoms with Crippen molar-refractivity contribution >= 4 is 5.91 Å². The highest BCUT2D eigenvalue weighted by Gasteiger charge is 2.37. The van der Waals surface area contributed by atoms with Crippen LogP contribution >= 0.6 is 0 Å². The molecule has 0 N–H and O–H groups in total. The van der Waals surface area contributed by atoms with Crippen molar-refractivity contribution < 1.29 is 14.1 Å². The first kappa shape index (κ1) is 14.2. The van der Waals surface area contributed by atoms with Crippen LogP contribution in [0.4, 0.5) is 0 Å². The van der Waals surface area contributed by atoms with Crippen molar-refractivity contribution in [3.8, 4) is 5.75 Å². The van der Waals surface area contributed by atoms with Gasteiger partial charge in [0.2, 0.25) is 11.8 Å². The molecule has 1 aromatic carbocycles. The molecule has 6 nitrogen and oxygen atoms in total. The summed E-state index contributed by atoms with van der Waals surface area (Å²) >= 11 is 0. The van der Waals surface area contributed by atoms with Crippen LogP contribution in [-0.4, -0.2) is 28.1 Å². The van der Waals surface area contributed by atoms with E-state index >= 15 is 0 Å². The fraction of sp³-hybridized carbons (Fsp3) is 0.471. The number of amides is 1. The van der Waals surface area contributed by atoms with E-state index in [9.17, 15) is 4.79 Å². The number of hydrogen-bond donors (Lipinski definition) is 0. The van der Waals surface area contributed by atoms with E-state index in [1.54, 1.807) is 7.11 Å².